The molecule has 10 heavy (non-hydrogen) atoms. The lowest BCUT2D eigenvalue weighted by molar-refractivity contribution is 0.0842. The normalized spacial score (nSPS) is 13.7. The monoisotopic (exact) mass is 144 g/mol. The maximum atomic E-state index is 8.71. The highest BCUT2D eigenvalue weighted by Crippen LogP contribution is 2.12. The fraction of sp³-hybridized carbons (Fsp3) is 0.750. The largest absolute Gasteiger partial charge is 0.392 e. The molecule has 2 heteroatoms. The molecule has 0 aliphatic rings. The van der Waals surface area contributed by atoms with Gasteiger partial charge in [0.15, 0.2) is 0 Å². The molecule has 0 saturated carbocycles. The number of hydrogen-bond donors (Lipinski definition) is 1. The van der Waals surface area contributed by atoms with Crippen molar-refractivity contribution in [2.75, 3.05) is 13.7 Å². The average molecular weight is 144 g/mol. The smallest absolute Gasteiger partial charge is 0.0823 e. The summed E-state index contributed by atoms with van der Waals surface area (Å²) in [6, 6.07) is 0. The molecular formula is C8H16O2. The van der Waals surface area contributed by atoms with Crippen LogP contribution in [-0.4, -0.2) is 24.9 Å². The van der Waals surface area contributed by atoms with E-state index in [1.54, 1.807) is 7.11 Å². The van der Waals surface area contributed by atoms with Crippen LogP contribution >= 0.6 is 0 Å². The molecule has 0 heterocycles. The van der Waals surface area contributed by atoms with Crippen molar-refractivity contribution in [1.29, 1.82) is 0 Å². The molecule has 0 spiro atoms. The van der Waals surface area contributed by atoms with Gasteiger partial charge in [-0.05, 0) is 11.5 Å². The summed E-state index contributed by atoms with van der Waals surface area (Å²) in [7, 11) is 1.63. The Labute approximate surface area is 62.5 Å². The lowest BCUT2D eigenvalue weighted by Gasteiger charge is -2.19. The minimum absolute atomic E-state index is 0.00926. The van der Waals surface area contributed by atoms with Crippen molar-refractivity contribution in [2.24, 2.45) is 5.92 Å². The van der Waals surface area contributed by atoms with E-state index in [-0.39, 0.29) is 12.7 Å². The standard InChI is InChI=1S/C8H16O2/c1-6(2)8(10-4)7(3)5-9/h6,8-9H,3,5H2,1-2,4H3. The summed E-state index contributed by atoms with van der Waals surface area (Å²) >= 11 is 0. The highest BCUT2D eigenvalue weighted by molar-refractivity contribution is 5.03. The number of methoxy groups -OCH3 is 1. The first-order chi connectivity index (χ1) is 4.63. The van der Waals surface area contributed by atoms with E-state index in [0.29, 0.717) is 5.92 Å². The molecule has 0 bridgehead atoms. The molecule has 0 aliphatic carbocycles. The quantitative estimate of drug-likeness (QED) is 0.601. The highest BCUT2D eigenvalue weighted by atomic mass is 16.5. The second kappa shape index (κ2) is 4.47. The number of rotatable bonds is 4. The van der Waals surface area contributed by atoms with E-state index < -0.39 is 0 Å². The Bertz CT molecular complexity index is 108. The summed E-state index contributed by atoms with van der Waals surface area (Å²) in [5, 5.41) is 8.71. The summed E-state index contributed by atoms with van der Waals surface area (Å²) in [6.45, 7) is 7.77. The Morgan fingerprint density at radius 2 is 2.10 bits per heavy atom. The minimum atomic E-state index is -0.00926. The number of ether oxygens (including phenoxy) is 1. The zero-order valence-corrected chi connectivity index (χ0v) is 6.92. The fourth-order valence-electron chi connectivity index (χ4n) is 1.00. The molecule has 0 rings (SSSR count). The lowest BCUT2D eigenvalue weighted by Crippen LogP contribution is -2.21. The van der Waals surface area contributed by atoms with Crippen molar-refractivity contribution in [3.8, 4) is 0 Å². The second-order valence-electron chi connectivity index (χ2n) is 2.72. The minimum Gasteiger partial charge on any atom is -0.392 e. The van der Waals surface area contributed by atoms with Crippen LogP contribution in [0.5, 0.6) is 0 Å². The van der Waals surface area contributed by atoms with Crippen molar-refractivity contribution in [1.82, 2.24) is 0 Å². The third-order valence-corrected chi connectivity index (χ3v) is 1.46. The zero-order valence-electron chi connectivity index (χ0n) is 6.92. The molecule has 2 nitrogen and oxygen atoms in total. The Morgan fingerprint density at radius 1 is 1.60 bits per heavy atom. The third-order valence-electron chi connectivity index (χ3n) is 1.46. The molecule has 1 N–H and O–H groups in total. The van der Waals surface area contributed by atoms with Gasteiger partial charge in [-0.25, -0.2) is 0 Å². The fourth-order valence-corrected chi connectivity index (χ4v) is 1.00. The van der Waals surface area contributed by atoms with E-state index in [4.69, 9.17) is 9.84 Å². The Kier molecular flexibility index (Phi) is 4.32. The van der Waals surface area contributed by atoms with Crippen LogP contribution in [0.2, 0.25) is 0 Å². The van der Waals surface area contributed by atoms with Crippen LogP contribution in [0.1, 0.15) is 13.8 Å². The summed E-state index contributed by atoms with van der Waals surface area (Å²) in [5.41, 5.74) is 0.748. The molecule has 0 amide bonds. The SMILES string of the molecule is C=C(CO)C(OC)C(C)C. The van der Waals surface area contributed by atoms with Crippen LogP contribution < -0.4 is 0 Å². The predicted molar refractivity (Wildman–Crippen MR) is 41.9 cm³/mol. The van der Waals surface area contributed by atoms with Crippen molar-refractivity contribution >= 4 is 0 Å². The maximum Gasteiger partial charge on any atom is 0.0823 e. The van der Waals surface area contributed by atoms with Crippen molar-refractivity contribution < 1.29 is 9.84 Å². The molecule has 1 unspecified atom stereocenters. The van der Waals surface area contributed by atoms with E-state index in [9.17, 15) is 0 Å². The van der Waals surface area contributed by atoms with E-state index >= 15 is 0 Å². The molecule has 1 atom stereocenters. The van der Waals surface area contributed by atoms with Gasteiger partial charge in [0.1, 0.15) is 0 Å². The molecule has 0 aliphatic heterocycles. The summed E-state index contributed by atoms with van der Waals surface area (Å²) in [6.07, 6.45) is -0.00926. The van der Waals surface area contributed by atoms with Crippen molar-refractivity contribution in [3.63, 3.8) is 0 Å². The Hall–Kier alpha value is -0.340. The van der Waals surface area contributed by atoms with Gasteiger partial charge in [-0.3, -0.25) is 0 Å². The van der Waals surface area contributed by atoms with E-state index in [1.165, 1.54) is 0 Å². The van der Waals surface area contributed by atoms with E-state index in [1.807, 2.05) is 13.8 Å². The number of aliphatic hydroxyl groups is 1. The molecule has 60 valence electrons. The van der Waals surface area contributed by atoms with Gasteiger partial charge in [-0.15, -0.1) is 0 Å². The molecular weight excluding hydrogens is 128 g/mol. The second-order valence-corrected chi connectivity index (χ2v) is 2.72. The van der Waals surface area contributed by atoms with Crippen LogP contribution in [0.15, 0.2) is 12.2 Å². The van der Waals surface area contributed by atoms with Gasteiger partial charge in [0, 0.05) is 7.11 Å². The zero-order chi connectivity index (χ0) is 8.15. The van der Waals surface area contributed by atoms with Gasteiger partial charge in [0.25, 0.3) is 0 Å². The molecule has 0 saturated heterocycles. The van der Waals surface area contributed by atoms with Crippen LogP contribution in [0, 0.1) is 5.92 Å². The average Bonchev–Trinajstić information content (AvgIpc) is 1.88. The van der Waals surface area contributed by atoms with Crippen LogP contribution in [-0.2, 0) is 4.74 Å². The van der Waals surface area contributed by atoms with E-state index in [2.05, 4.69) is 6.58 Å². The summed E-state index contributed by atoms with van der Waals surface area (Å²) < 4.78 is 5.10. The third kappa shape index (κ3) is 2.50. The lowest BCUT2D eigenvalue weighted by atomic mass is 10.0. The van der Waals surface area contributed by atoms with Crippen LogP contribution in [0.25, 0.3) is 0 Å². The predicted octanol–water partition coefficient (Wildman–Crippen LogP) is 1.21. The Morgan fingerprint density at radius 3 is 2.20 bits per heavy atom. The van der Waals surface area contributed by atoms with Gasteiger partial charge in [0.2, 0.25) is 0 Å². The number of aliphatic hydroxyl groups excluding tert-OH is 1. The topological polar surface area (TPSA) is 29.5 Å². The van der Waals surface area contributed by atoms with Gasteiger partial charge in [-0.1, -0.05) is 20.4 Å². The van der Waals surface area contributed by atoms with Gasteiger partial charge in [-0.2, -0.15) is 0 Å². The van der Waals surface area contributed by atoms with Crippen molar-refractivity contribution in [2.45, 2.75) is 20.0 Å². The van der Waals surface area contributed by atoms with Gasteiger partial charge in [0.05, 0.1) is 12.7 Å². The summed E-state index contributed by atoms with van der Waals surface area (Å²) in [4.78, 5) is 0. The molecule has 0 fully saturated rings. The maximum absolute atomic E-state index is 8.71. The van der Waals surface area contributed by atoms with Gasteiger partial charge >= 0.3 is 0 Å². The van der Waals surface area contributed by atoms with E-state index in [0.717, 1.165) is 5.57 Å². The van der Waals surface area contributed by atoms with Gasteiger partial charge < -0.3 is 9.84 Å². The van der Waals surface area contributed by atoms with Crippen LogP contribution in [0.4, 0.5) is 0 Å². The first kappa shape index (κ1) is 9.66. The van der Waals surface area contributed by atoms with Crippen molar-refractivity contribution in [3.05, 3.63) is 12.2 Å². The highest BCUT2D eigenvalue weighted by Gasteiger charge is 2.14. The molecule has 0 aromatic rings. The first-order valence-corrected chi connectivity index (χ1v) is 3.44. The number of hydrogen-bond acceptors (Lipinski definition) is 2. The molecule has 0 radical (unpaired) electrons. The summed E-state index contributed by atoms with van der Waals surface area (Å²) in [5.74, 6) is 0.379. The van der Waals surface area contributed by atoms with Crippen LogP contribution in [0.3, 0.4) is 0 Å². The molecule has 0 aromatic carbocycles. The first-order valence-electron chi connectivity index (χ1n) is 3.44. The Balaban J connectivity index is 3.93. The molecule has 0 aromatic heterocycles.